The van der Waals surface area contributed by atoms with Gasteiger partial charge in [-0.2, -0.15) is 5.10 Å². The van der Waals surface area contributed by atoms with Gasteiger partial charge >= 0.3 is 0 Å². The van der Waals surface area contributed by atoms with E-state index < -0.39 is 4.92 Å². The molecule has 2 atom stereocenters. The molecule has 1 fully saturated rings. The van der Waals surface area contributed by atoms with Gasteiger partial charge in [0.25, 0.3) is 5.69 Å². The summed E-state index contributed by atoms with van der Waals surface area (Å²) >= 11 is 0. The van der Waals surface area contributed by atoms with Gasteiger partial charge in [-0.05, 0) is 41.0 Å². The standard InChI is InChI=1S/C25H25N3O4/c1-25(2,3)18-9-7-16(8-10-18)21-14-22(21)24(29)27-26-15-20-11-12-23(32-20)17-5-4-6-19(13-17)28(30)31/h4-13,15,21-22H,14H2,1-3H3,(H,27,29)/b26-15+. The van der Waals surface area contributed by atoms with E-state index in [0.29, 0.717) is 17.1 Å². The van der Waals surface area contributed by atoms with Crippen molar-refractivity contribution in [2.24, 2.45) is 11.0 Å². The lowest BCUT2D eigenvalue weighted by atomic mass is 9.86. The van der Waals surface area contributed by atoms with Gasteiger partial charge in [-0.15, -0.1) is 0 Å². The largest absolute Gasteiger partial charge is 0.455 e. The van der Waals surface area contributed by atoms with Crippen molar-refractivity contribution in [3.8, 4) is 11.3 Å². The number of nitro groups is 1. The maximum Gasteiger partial charge on any atom is 0.270 e. The number of hydrazone groups is 1. The SMILES string of the molecule is CC(C)(C)c1ccc(C2CC2C(=O)N/N=C/c2ccc(-c3cccc([N+](=O)[O-])c3)o2)cc1. The summed E-state index contributed by atoms with van der Waals surface area (Å²) in [7, 11) is 0. The van der Waals surface area contributed by atoms with Gasteiger partial charge in [0.2, 0.25) is 5.91 Å². The van der Waals surface area contributed by atoms with Crippen molar-refractivity contribution in [3.63, 3.8) is 0 Å². The molecule has 1 aliphatic rings. The van der Waals surface area contributed by atoms with Crippen LogP contribution in [-0.4, -0.2) is 17.0 Å². The van der Waals surface area contributed by atoms with Crippen molar-refractivity contribution in [2.45, 2.75) is 38.5 Å². The first-order valence-electron chi connectivity index (χ1n) is 10.5. The lowest BCUT2D eigenvalue weighted by molar-refractivity contribution is -0.384. The molecule has 1 N–H and O–H groups in total. The van der Waals surface area contributed by atoms with Crippen molar-refractivity contribution < 1.29 is 14.1 Å². The molecule has 0 spiro atoms. The zero-order valence-electron chi connectivity index (χ0n) is 18.2. The Morgan fingerprint density at radius 1 is 1.16 bits per heavy atom. The summed E-state index contributed by atoms with van der Waals surface area (Å²) in [6.45, 7) is 6.54. The van der Waals surface area contributed by atoms with Crippen LogP contribution in [0.4, 0.5) is 5.69 Å². The molecule has 3 aromatic rings. The molecule has 0 bridgehead atoms. The normalized spacial score (nSPS) is 18.0. The number of amides is 1. The Balaban J connectivity index is 1.33. The van der Waals surface area contributed by atoms with Gasteiger partial charge in [0.1, 0.15) is 11.5 Å². The Kier molecular flexibility index (Phi) is 5.65. The van der Waals surface area contributed by atoms with E-state index in [-0.39, 0.29) is 28.8 Å². The van der Waals surface area contributed by atoms with Crippen molar-refractivity contribution in [1.82, 2.24) is 5.43 Å². The van der Waals surface area contributed by atoms with Gasteiger partial charge in [0.05, 0.1) is 11.1 Å². The third kappa shape index (κ3) is 4.77. The van der Waals surface area contributed by atoms with Crippen LogP contribution in [0.25, 0.3) is 11.3 Å². The van der Waals surface area contributed by atoms with E-state index >= 15 is 0 Å². The Labute approximate surface area is 186 Å². The van der Waals surface area contributed by atoms with Gasteiger partial charge < -0.3 is 4.42 Å². The highest BCUT2D eigenvalue weighted by Crippen LogP contribution is 2.47. The average molecular weight is 431 g/mol. The molecule has 2 unspecified atom stereocenters. The molecule has 1 saturated carbocycles. The van der Waals surface area contributed by atoms with Crippen LogP contribution in [-0.2, 0) is 10.2 Å². The lowest BCUT2D eigenvalue weighted by Gasteiger charge is -2.19. The Morgan fingerprint density at radius 2 is 1.91 bits per heavy atom. The minimum absolute atomic E-state index is 0.00610. The van der Waals surface area contributed by atoms with Gasteiger partial charge in [0.15, 0.2) is 0 Å². The van der Waals surface area contributed by atoms with E-state index in [1.807, 2.05) is 0 Å². The first kappa shape index (κ1) is 21.5. The molecule has 164 valence electrons. The molecule has 2 aromatic carbocycles. The number of furan rings is 1. The molecule has 32 heavy (non-hydrogen) atoms. The topological polar surface area (TPSA) is 97.7 Å². The Bertz CT molecular complexity index is 1170. The molecule has 1 aromatic heterocycles. The van der Waals surface area contributed by atoms with Crippen LogP contribution < -0.4 is 5.43 Å². The first-order valence-corrected chi connectivity index (χ1v) is 10.5. The highest BCUT2D eigenvalue weighted by Gasteiger charge is 2.44. The second-order valence-electron chi connectivity index (χ2n) is 9.06. The molecule has 7 heteroatoms. The smallest absolute Gasteiger partial charge is 0.270 e. The zero-order valence-corrected chi connectivity index (χ0v) is 18.2. The summed E-state index contributed by atoms with van der Waals surface area (Å²) in [4.78, 5) is 22.9. The quantitative estimate of drug-likeness (QED) is 0.321. The highest BCUT2D eigenvalue weighted by molar-refractivity contribution is 5.85. The van der Waals surface area contributed by atoms with Crippen molar-refractivity contribution in [3.05, 3.63) is 87.7 Å². The Hall–Kier alpha value is -3.74. The molecule has 1 heterocycles. The van der Waals surface area contributed by atoms with Crippen LogP contribution in [0.2, 0.25) is 0 Å². The number of rotatable bonds is 6. The number of carbonyl (C=O) groups excluding carboxylic acids is 1. The van der Waals surface area contributed by atoms with Gasteiger partial charge in [-0.1, -0.05) is 57.2 Å². The highest BCUT2D eigenvalue weighted by atomic mass is 16.6. The van der Waals surface area contributed by atoms with E-state index in [0.717, 1.165) is 6.42 Å². The van der Waals surface area contributed by atoms with Crippen LogP contribution in [0.5, 0.6) is 0 Å². The molecule has 0 radical (unpaired) electrons. The number of hydrogen-bond acceptors (Lipinski definition) is 5. The van der Waals surface area contributed by atoms with Gasteiger partial charge in [-0.25, -0.2) is 5.43 Å². The minimum Gasteiger partial charge on any atom is -0.455 e. The summed E-state index contributed by atoms with van der Waals surface area (Å²) in [5.74, 6) is 0.962. The summed E-state index contributed by atoms with van der Waals surface area (Å²) in [5.41, 5.74) is 5.73. The fourth-order valence-electron chi connectivity index (χ4n) is 3.68. The zero-order chi connectivity index (χ0) is 22.9. The van der Waals surface area contributed by atoms with Gasteiger partial charge in [0, 0.05) is 23.6 Å². The summed E-state index contributed by atoms with van der Waals surface area (Å²) in [6.07, 6.45) is 2.24. The summed E-state index contributed by atoms with van der Waals surface area (Å²) in [6, 6.07) is 18.1. The van der Waals surface area contributed by atoms with Crippen LogP contribution in [0.3, 0.4) is 0 Å². The van der Waals surface area contributed by atoms with Crippen molar-refractivity contribution in [2.75, 3.05) is 0 Å². The average Bonchev–Trinajstić information content (AvgIpc) is 3.44. The molecule has 0 aliphatic heterocycles. The lowest BCUT2D eigenvalue weighted by Crippen LogP contribution is -2.20. The van der Waals surface area contributed by atoms with E-state index in [4.69, 9.17) is 4.42 Å². The summed E-state index contributed by atoms with van der Waals surface area (Å²) in [5, 5.41) is 14.9. The molecule has 0 saturated heterocycles. The predicted octanol–water partition coefficient (Wildman–Crippen LogP) is 5.41. The van der Waals surface area contributed by atoms with E-state index in [1.54, 1.807) is 24.3 Å². The number of hydrogen-bond donors (Lipinski definition) is 1. The number of non-ortho nitro benzene ring substituents is 1. The predicted molar refractivity (Wildman–Crippen MR) is 123 cm³/mol. The second-order valence-corrected chi connectivity index (χ2v) is 9.06. The molecular weight excluding hydrogens is 406 g/mol. The first-order chi connectivity index (χ1) is 15.2. The third-order valence-corrected chi connectivity index (χ3v) is 5.67. The number of nitrogens with zero attached hydrogens (tertiary/aromatic N) is 2. The van der Waals surface area contributed by atoms with Crippen LogP contribution in [0.1, 0.15) is 50.0 Å². The number of carbonyl (C=O) groups is 1. The Morgan fingerprint density at radius 3 is 2.59 bits per heavy atom. The third-order valence-electron chi connectivity index (χ3n) is 5.67. The molecule has 1 aliphatic carbocycles. The van der Waals surface area contributed by atoms with E-state index in [2.05, 4.69) is 55.6 Å². The van der Waals surface area contributed by atoms with Crippen LogP contribution in [0, 0.1) is 16.0 Å². The fraction of sp³-hybridized carbons (Fsp3) is 0.280. The van der Waals surface area contributed by atoms with E-state index in [1.165, 1.54) is 29.5 Å². The molecule has 4 rings (SSSR count). The fourth-order valence-corrected chi connectivity index (χ4v) is 3.68. The van der Waals surface area contributed by atoms with Crippen LogP contribution in [0.15, 0.2) is 70.2 Å². The van der Waals surface area contributed by atoms with Gasteiger partial charge in [-0.3, -0.25) is 14.9 Å². The van der Waals surface area contributed by atoms with Crippen molar-refractivity contribution in [1.29, 1.82) is 0 Å². The molecule has 7 nitrogen and oxygen atoms in total. The molecular formula is C25H25N3O4. The monoisotopic (exact) mass is 431 g/mol. The molecule has 1 amide bonds. The maximum absolute atomic E-state index is 12.4. The number of nitrogens with one attached hydrogen (secondary N) is 1. The summed E-state index contributed by atoms with van der Waals surface area (Å²) < 4.78 is 5.67. The number of nitro benzene ring substituents is 1. The second kappa shape index (κ2) is 8.42. The van der Waals surface area contributed by atoms with Crippen LogP contribution >= 0.6 is 0 Å². The van der Waals surface area contributed by atoms with Crippen molar-refractivity contribution >= 4 is 17.8 Å². The minimum atomic E-state index is -0.450. The van der Waals surface area contributed by atoms with E-state index in [9.17, 15) is 14.9 Å². The maximum atomic E-state index is 12.4. The number of benzene rings is 2.